The van der Waals surface area contributed by atoms with E-state index in [-0.39, 0.29) is 17.2 Å². The average molecular weight is 306 g/mol. The predicted molar refractivity (Wildman–Crippen MR) is 68.8 cm³/mol. The molecule has 0 heterocycles. The van der Waals surface area contributed by atoms with Crippen molar-refractivity contribution in [3.8, 4) is 0 Å². The van der Waals surface area contributed by atoms with Crippen molar-refractivity contribution in [3.63, 3.8) is 0 Å². The second-order valence-electron chi connectivity index (χ2n) is 4.27. The highest BCUT2D eigenvalue weighted by Gasteiger charge is 2.49. The molecular weight excluding hydrogens is 292 g/mol. The Bertz CT molecular complexity index is 547. The summed E-state index contributed by atoms with van der Waals surface area (Å²) in [5.74, 6) is -7.23. The van der Waals surface area contributed by atoms with Crippen molar-refractivity contribution in [2.75, 3.05) is 11.9 Å². The summed E-state index contributed by atoms with van der Waals surface area (Å²) in [4.78, 5) is 22.7. The van der Waals surface area contributed by atoms with Crippen molar-refractivity contribution in [2.24, 2.45) is 0 Å². The molecule has 1 rings (SSSR count). The van der Waals surface area contributed by atoms with Crippen molar-refractivity contribution >= 4 is 17.5 Å². The number of hydrogen-bond donors (Lipinski definition) is 2. The standard InChI is InChI=1S/C13H14F4N2O2/c1-3-18-10(20)8-4-5-9(7(2)6-8)19-12(21)13(16,17)11(14)15/h4-6,11H,3H2,1-2H3,(H,18,20)(H,19,21). The van der Waals surface area contributed by atoms with Crippen molar-refractivity contribution in [3.05, 3.63) is 29.3 Å². The van der Waals surface area contributed by atoms with Gasteiger partial charge in [0.25, 0.3) is 5.91 Å². The zero-order valence-corrected chi connectivity index (χ0v) is 11.3. The van der Waals surface area contributed by atoms with Crippen LogP contribution in [0.4, 0.5) is 23.2 Å². The van der Waals surface area contributed by atoms with Crippen molar-refractivity contribution < 1.29 is 27.2 Å². The smallest absolute Gasteiger partial charge is 0.352 e. The molecule has 0 spiro atoms. The van der Waals surface area contributed by atoms with Crippen LogP contribution < -0.4 is 10.6 Å². The highest BCUT2D eigenvalue weighted by molar-refractivity contribution is 5.98. The van der Waals surface area contributed by atoms with Crippen LogP contribution in [0.25, 0.3) is 0 Å². The van der Waals surface area contributed by atoms with E-state index in [9.17, 15) is 27.2 Å². The molecule has 116 valence electrons. The van der Waals surface area contributed by atoms with Gasteiger partial charge in [0.2, 0.25) is 0 Å². The van der Waals surface area contributed by atoms with E-state index in [1.54, 1.807) is 12.2 Å². The van der Waals surface area contributed by atoms with Crippen LogP contribution in [-0.2, 0) is 4.79 Å². The quantitative estimate of drug-likeness (QED) is 0.822. The maximum Gasteiger partial charge on any atom is 0.383 e. The molecule has 2 amide bonds. The summed E-state index contributed by atoms with van der Waals surface area (Å²) >= 11 is 0. The first-order valence-electron chi connectivity index (χ1n) is 6.06. The largest absolute Gasteiger partial charge is 0.383 e. The number of carbonyl (C=O) groups is 2. The molecule has 21 heavy (non-hydrogen) atoms. The number of amides is 2. The molecule has 0 saturated heterocycles. The molecule has 0 fully saturated rings. The second-order valence-corrected chi connectivity index (χ2v) is 4.27. The predicted octanol–water partition coefficient (Wildman–Crippen LogP) is 2.58. The molecule has 1 aromatic carbocycles. The van der Waals surface area contributed by atoms with E-state index in [0.717, 1.165) is 0 Å². The monoisotopic (exact) mass is 306 g/mol. The highest BCUT2D eigenvalue weighted by atomic mass is 19.3. The summed E-state index contributed by atoms with van der Waals surface area (Å²) in [6, 6.07) is 3.87. The first kappa shape index (κ1) is 16.9. The summed E-state index contributed by atoms with van der Waals surface area (Å²) in [6.45, 7) is 3.60. The van der Waals surface area contributed by atoms with Crippen LogP contribution in [0.3, 0.4) is 0 Å². The lowest BCUT2D eigenvalue weighted by Crippen LogP contribution is -2.41. The number of benzene rings is 1. The van der Waals surface area contributed by atoms with Crippen LogP contribution in [0.5, 0.6) is 0 Å². The van der Waals surface area contributed by atoms with Gasteiger partial charge < -0.3 is 10.6 Å². The van der Waals surface area contributed by atoms with Gasteiger partial charge in [0.05, 0.1) is 0 Å². The second kappa shape index (κ2) is 6.55. The van der Waals surface area contributed by atoms with Gasteiger partial charge in [0.1, 0.15) is 0 Å². The molecule has 0 bridgehead atoms. The summed E-state index contributed by atoms with van der Waals surface area (Å²) in [5, 5.41) is 4.27. The van der Waals surface area contributed by atoms with Gasteiger partial charge in [-0.2, -0.15) is 8.78 Å². The fourth-order valence-electron chi connectivity index (χ4n) is 1.51. The lowest BCUT2D eigenvalue weighted by Gasteiger charge is -2.16. The molecule has 0 aliphatic heterocycles. The normalized spacial score (nSPS) is 11.4. The number of rotatable bonds is 5. The number of halogens is 4. The molecule has 0 aromatic heterocycles. The maximum atomic E-state index is 12.8. The maximum absolute atomic E-state index is 12.8. The first-order chi connectivity index (χ1) is 9.70. The Labute approximate surface area is 118 Å². The minimum Gasteiger partial charge on any atom is -0.352 e. The average Bonchev–Trinajstić information content (AvgIpc) is 2.40. The fourth-order valence-corrected chi connectivity index (χ4v) is 1.51. The third kappa shape index (κ3) is 3.93. The van der Waals surface area contributed by atoms with E-state index in [1.807, 2.05) is 0 Å². The van der Waals surface area contributed by atoms with E-state index in [0.29, 0.717) is 12.1 Å². The van der Waals surface area contributed by atoms with E-state index >= 15 is 0 Å². The molecule has 2 N–H and O–H groups in total. The summed E-state index contributed by atoms with van der Waals surface area (Å²) < 4.78 is 49.8. The zero-order chi connectivity index (χ0) is 16.2. The van der Waals surface area contributed by atoms with Gasteiger partial charge in [-0.3, -0.25) is 9.59 Å². The zero-order valence-electron chi connectivity index (χ0n) is 11.3. The third-order valence-corrected chi connectivity index (χ3v) is 2.65. The van der Waals surface area contributed by atoms with Gasteiger partial charge in [-0.15, -0.1) is 0 Å². The van der Waals surface area contributed by atoms with Crippen LogP contribution >= 0.6 is 0 Å². The van der Waals surface area contributed by atoms with E-state index in [4.69, 9.17) is 0 Å². The Hall–Kier alpha value is -2.12. The van der Waals surface area contributed by atoms with Gasteiger partial charge in [0.15, 0.2) is 0 Å². The van der Waals surface area contributed by atoms with Crippen LogP contribution in [0.2, 0.25) is 0 Å². The van der Waals surface area contributed by atoms with Gasteiger partial charge in [-0.05, 0) is 37.6 Å². The van der Waals surface area contributed by atoms with Crippen LogP contribution in [0.1, 0.15) is 22.8 Å². The van der Waals surface area contributed by atoms with Gasteiger partial charge in [0, 0.05) is 17.8 Å². The SMILES string of the molecule is CCNC(=O)c1ccc(NC(=O)C(F)(F)C(F)F)c(C)c1. The number of aryl methyl sites for hydroxylation is 1. The third-order valence-electron chi connectivity index (χ3n) is 2.65. The first-order valence-corrected chi connectivity index (χ1v) is 6.06. The van der Waals surface area contributed by atoms with E-state index in [2.05, 4.69) is 5.32 Å². The Morgan fingerprint density at radius 1 is 1.29 bits per heavy atom. The van der Waals surface area contributed by atoms with Crippen LogP contribution in [0.15, 0.2) is 18.2 Å². The molecule has 0 aliphatic rings. The Kier molecular flexibility index (Phi) is 5.28. The summed E-state index contributed by atoms with van der Waals surface area (Å²) in [6.07, 6.45) is -4.09. The number of hydrogen-bond acceptors (Lipinski definition) is 2. The number of carbonyl (C=O) groups excluding carboxylic acids is 2. The topological polar surface area (TPSA) is 58.2 Å². The highest BCUT2D eigenvalue weighted by Crippen LogP contribution is 2.26. The van der Waals surface area contributed by atoms with Crippen LogP contribution in [0, 0.1) is 6.92 Å². The molecule has 0 atom stereocenters. The van der Waals surface area contributed by atoms with Gasteiger partial charge in [-0.1, -0.05) is 0 Å². The van der Waals surface area contributed by atoms with E-state index in [1.165, 1.54) is 25.1 Å². The lowest BCUT2D eigenvalue weighted by molar-refractivity contribution is -0.163. The van der Waals surface area contributed by atoms with Crippen LogP contribution in [-0.4, -0.2) is 30.7 Å². The molecule has 1 aromatic rings. The lowest BCUT2D eigenvalue weighted by atomic mass is 10.1. The molecule has 8 heteroatoms. The molecule has 4 nitrogen and oxygen atoms in total. The van der Waals surface area contributed by atoms with Crippen molar-refractivity contribution in [1.29, 1.82) is 0 Å². The van der Waals surface area contributed by atoms with Gasteiger partial charge >= 0.3 is 18.3 Å². The Morgan fingerprint density at radius 3 is 2.38 bits per heavy atom. The fraction of sp³-hybridized carbons (Fsp3) is 0.385. The molecule has 0 radical (unpaired) electrons. The minimum atomic E-state index is -4.77. The number of alkyl halides is 4. The number of nitrogens with one attached hydrogen (secondary N) is 2. The molecule has 0 unspecified atom stereocenters. The van der Waals surface area contributed by atoms with E-state index < -0.39 is 18.3 Å². The molecule has 0 saturated carbocycles. The Morgan fingerprint density at radius 2 is 1.90 bits per heavy atom. The minimum absolute atomic E-state index is 0.0617. The Balaban J connectivity index is 2.92. The number of anilines is 1. The summed E-state index contributed by atoms with van der Waals surface area (Å²) in [5.41, 5.74) is 0.513. The van der Waals surface area contributed by atoms with Gasteiger partial charge in [-0.25, -0.2) is 8.78 Å². The molecule has 0 aliphatic carbocycles. The molecular formula is C13H14F4N2O2. The van der Waals surface area contributed by atoms with Crippen molar-refractivity contribution in [1.82, 2.24) is 5.32 Å². The van der Waals surface area contributed by atoms with Crippen molar-refractivity contribution in [2.45, 2.75) is 26.2 Å². The summed E-state index contributed by atoms with van der Waals surface area (Å²) in [7, 11) is 0.